The Morgan fingerprint density at radius 2 is 1.62 bits per heavy atom. The topological polar surface area (TPSA) is 68.2 Å². The second kappa shape index (κ2) is 10.2. The number of nitrogens with one attached hydrogen (secondary N) is 1. The molecule has 9 heteroatoms. The van der Waals surface area contributed by atoms with Crippen molar-refractivity contribution in [3.8, 4) is 0 Å². The van der Waals surface area contributed by atoms with E-state index in [4.69, 9.17) is 28.2 Å². The molecular weight excluding hydrogens is 473 g/mol. The van der Waals surface area contributed by atoms with Crippen molar-refractivity contribution in [3.63, 3.8) is 0 Å². The Labute approximate surface area is 210 Å². The Balaban J connectivity index is 1.70. The molecule has 0 aromatic heterocycles. The van der Waals surface area contributed by atoms with Crippen molar-refractivity contribution in [1.29, 1.82) is 0 Å². The van der Waals surface area contributed by atoms with E-state index in [1.165, 1.54) is 4.90 Å². The van der Waals surface area contributed by atoms with E-state index in [-0.39, 0.29) is 19.2 Å². The fraction of sp³-hybridized carbons (Fsp3) is 0.400. The molecule has 0 spiro atoms. The van der Waals surface area contributed by atoms with Crippen LogP contribution in [0.1, 0.15) is 39.5 Å². The van der Waals surface area contributed by atoms with Gasteiger partial charge >= 0.3 is 6.03 Å². The van der Waals surface area contributed by atoms with E-state index in [1.807, 2.05) is 47.4 Å². The SMILES string of the molecule is CCCC1(CCC)C(=O)N(CNc2ccccc2Cl)C(=O)N2CN(c3ccccc3Cl)CN=C21. The molecule has 2 aromatic rings. The number of hydrogen-bond donors (Lipinski definition) is 1. The van der Waals surface area contributed by atoms with Crippen molar-refractivity contribution in [2.45, 2.75) is 39.5 Å². The molecule has 1 saturated heterocycles. The van der Waals surface area contributed by atoms with E-state index in [0.717, 1.165) is 18.5 Å². The lowest BCUT2D eigenvalue weighted by Crippen LogP contribution is -2.68. The highest BCUT2D eigenvalue weighted by Gasteiger charge is 2.55. The maximum Gasteiger partial charge on any atom is 0.335 e. The van der Waals surface area contributed by atoms with Gasteiger partial charge in [0.25, 0.3) is 0 Å². The number of nitrogens with zero attached hydrogens (tertiary/aromatic N) is 4. The number of aliphatic imine (C=N–C) groups is 1. The molecule has 0 saturated carbocycles. The highest BCUT2D eigenvalue weighted by molar-refractivity contribution is 6.33. The Hall–Kier alpha value is -2.77. The monoisotopic (exact) mass is 501 g/mol. The summed E-state index contributed by atoms with van der Waals surface area (Å²) in [7, 11) is 0. The van der Waals surface area contributed by atoms with E-state index in [0.29, 0.717) is 41.1 Å². The van der Waals surface area contributed by atoms with Crippen LogP contribution < -0.4 is 10.2 Å². The smallest absolute Gasteiger partial charge is 0.335 e. The zero-order valence-corrected chi connectivity index (χ0v) is 20.9. The minimum Gasteiger partial charge on any atom is -0.366 e. The van der Waals surface area contributed by atoms with Gasteiger partial charge in [-0.25, -0.2) is 14.7 Å². The first-order valence-corrected chi connectivity index (χ1v) is 12.3. The summed E-state index contributed by atoms with van der Waals surface area (Å²) in [5, 5.41) is 4.28. The second-order valence-electron chi connectivity index (χ2n) is 8.60. The van der Waals surface area contributed by atoms with Crippen molar-refractivity contribution in [1.82, 2.24) is 9.80 Å². The van der Waals surface area contributed by atoms with Gasteiger partial charge in [0.2, 0.25) is 5.91 Å². The minimum atomic E-state index is -0.841. The van der Waals surface area contributed by atoms with Gasteiger partial charge in [0.15, 0.2) is 0 Å². The molecule has 3 amide bonds. The van der Waals surface area contributed by atoms with Gasteiger partial charge in [-0.05, 0) is 37.1 Å². The van der Waals surface area contributed by atoms with Crippen molar-refractivity contribution in [2.24, 2.45) is 10.4 Å². The summed E-state index contributed by atoms with van der Waals surface area (Å²) in [5.74, 6) is 0.366. The Morgan fingerprint density at radius 1 is 0.971 bits per heavy atom. The number of fused-ring (bicyclic) bond motifs is 1. The summed E-state index contributed by atoms with van der Waals surface area (Å²) in [6.45, 7) is 4.73. The predicted molar refractivity (Wildman–Crippen MR) is 137 cm³/mol. The molecule has 1 fully saturated rings. The zero-order chi connectivity index (χ0) is 24.3. The molecule has 0 unspecified atom stereocenters. The molecule has 2 aliphatic heterocycles. The highest BCUT2D eigenvalue weighted by Crippen LogP contribution is 2.41. The molecule has 180 valence electrons. The van der Waals surface area contributed by atoms with Gasteiger partial charge in [-0.15, -0.1) is 0 Å². The number of amidine groups is 1. The fourth-order valence-corrected chi connectivity index (χ4v) is 5.31. The normalized spacial score (nSPS) is 17.5. The van der Waals surface area contributed by atoms with Gasteiger partial charge in [0, 0.05) is 0 Å². The van der Waals surface area contributed by atoms with Crippen molar-refractivity contribution >= 4 is 52.4 Å². The van der Waals surface area contributed by atoms with Crippen LogP contribution in [-0.2, 0) is 4.79 Å². The largest absolute Gasteiger partial charge is 0.366 e. The van der Waals surface area contributed by atoms with Crippen LogP contribution in [0.15, 0.2) is 53.5 Å². The van der Waals surface area contributed by atoms with Crippen LogP contribution in [0.5, 0.6) is 0 Å². The number of amides is 3. The average molecular weight is 502 g/mol. The van der Waals surface area contributed by atoms with Gasteiger partial charge < -0.3 is 10.2 Å². The molecular formula is C25H29Cl2N5O2. The van der Waals surface area contributed by atoms with Crippen molar-refractivity contribution in [3.05, 3.63) is 58.6 Å². The quantitative estimate of drug-likeness (QED) is 0.478. The first kappa shape index (κ1) is 24.4. The Kier molecular flexibility index (Phi) is 7.33. The molecule has 2 heterocycles. The third-order valence-electron chi connectivity index (χ3n) is 6.35. The molecule has 2 aliphatic rings. The van der Waals surface area contributed by atoms with Crippen molar-refractivity contribution in [2.75, 3.05) is 30.2 Å². The van der Waals surface area contributed by atoms with Gasteiger partial charge in [0.1, 0.15) is 24.6 Å². The van der Waals surface area contributed by atoms with E-state index in [1.54, 1.807) is 11.0 Å². The van der Waals surface area contributed by atoms with Crippen LogP contribution in [0.2, 0.25) is 10.0 Å². The van der Waals surface area contributed by atoms with Gasteiger partial charge in [0.05, 0.1) is 28.1 Å². The van der Waals surface area contributed by atoms with Crippen LogP contribution in [0, 0.1) is 5.41 Å². The third-order valence-corrected chi connectivity index (χ3v) is 7.00. The minimum absolute atomic E-state index is 0.0203. The van der Waals surface area contributed by atoms with Crippen LogP contribution in [0.4, 0.5) is 16.2 Å². The number of carbonyl (C=O) groups is 2. The molecule has 0 aliphatic carbocycles. The predicted octanol–water partition coefficient (Wildman–Crippen LogP) is 6.05. The van der Waals surface area contributed by atoms with Gasteiger partial charge in [-0.1, -0.05) is 74.2 Å². The van der Waals surface area contributed by atoms with Crippen molar-refractivity contribution < 1.29 is 9.59 Å². The summed E-state index contributed by atoms with van der Waals surface area (Å²) in [4.78, 5) is 37.2. The number of benzene rings is 2. The number of carbonyl (C=O) groups excluding carboxylic acids is 2. The number of para-hydroxylation sites is 2. The zero-order valence-electron chi connectivity index (χ0n) is 19.4. The first-order valence-electron chi connectivity index (χ1n) is 11.6. The van der Waals surface area contributed by atoms with Crippen LogP contribution in [-0.4, -0.2) is 47.6 Å². The number of anilines is 2. The van der Waals surface area contributed by atoms with Crippen LogP contribution in [0.25, 0.3) is 0 Å². The summed E-state index contributed by atoms with van der Waals surface area (Å²) in [5.41, 5.74) is 0.623. The van der Waals surface area contributed by atoms with E-state index < -0.39 is 11.4 Å². The van der Waals surface area contributed by atoms with E-state index in [2.05, 4.69) is 19.2 Å². The summed E-state index contributed by atoms with van der Waals surface area (Å²) >= 11 is 12.7. The summed E-state index contributed by atoms with van der Waals surface area (Å²) < 4.78 is 0. The van der Waals surface area contributed by atoms with Crippen LogP contribution in [0.3, 0.4) is 0 Å². The van der Waals surface area contributed by atoms with E-state index in [9.17, 15) is 9.59 Å². The van der Waals surface area contributed by atoms with Crippen LogP contribution >= 0.6 is 23.2 Å². The molecule has 7 nitrogen and oxygen atoms in total. The highest BCUT2D eigenvalue weighted by atomic mass is 35.5. The molecule has 1 N–H and O–H groups in total. The standard InChI is InChI=1S/C25H29Cl2N5O2/c1-3-13-25(14-4-2)22-29-15-30(21-12-8-6-10-19(21)27)17-32(22)24(34)31(23(25)33)16-28-20-11-7-5-9-18(20)26/h5-12,28H,3-4,13-17H2,1-2H3. The molecule has 0 radical (unpaired) electrons. The first-order chi connectivity index (χ1) is 16.4. The lowest BCUT2D eigenvalue weighted by molar-refractivity contribution is -0.138. The molecule has 4 rings (SSSR count). The number of halogens is 2. The number of urea groups is 1. The summed E-state index contributed by atoms with van der Waals surface area (Å²) in [6, 6.07) is 14.4. The van der Waals surface area contributed by atoms with E-state index >= 15 is 0 Å². The maximum atomic E-state index is 13.9. The van der Waals surface area contributed by atoms with Gasteiger partial charge in [-0.2, -0.15) is 0 Å². The third kappa shape index (κ3) is 4.34. The lowest BCUT2D eigenvalue weighted by atomic mass is 9.74. The number of rotatable bonds is 8. The number of imide groups is 1. The maximum absolute atomic E-state index is 13.9. The Bertz CT molecular complexity index is 1100. The number of hydrogen-bond acceptors (Lipinski definition) is 5. The summed E-state index contributed by atoms with van der Waals surface area (Å²) in [6.07, 6.45) is 2.84. The molecule has 0 atom stereocenters. The Morgan fingerprint density at radius 3 is 2.26 bits per heavy atom. The molecule has 2 aromatic carbocycles. The molecule has 0 bridgehead atoms. The average Bonchev–Trinajstić information content (AvgIpc) is 2.84. The van der Waals surface area contributed by atoms with Gasteiger partial charge in [-0.3, -0.25) is 9.69 Å². The second-order valence-corrected chi connectivity index (χ2v) is 9.41. The fourth-order valence-electron chi connectivity index (χ4n) is 4.85. The molecule has 34 heavy (non-hydrogen) atoms. The lowest BCUT2D eigenvalue weighted by Gasteiger charge is -2.50.